The average Bonchev–Trinajstić information content (AvgIpc) is 3.70. The Bertz CT molecular complexity index is 1590. The highest BCUT2D eigenvalue weighted by Gasteiger charge is 2.42. The van der Waals surface area contributed by atoms with Crippen molar-refractivity contribution >= 4 is 17.6 Å². The molecule has 3 fully saturated rings. The van der Waals surface area contributed by atoms with Gasteiger partial charge in [0.15, 0.2) is 0 Å². The van der Waals surface area contributed by atoms with Crippen LogP contribution in [0.1, 0.15) is 184 Å². The van der Waals surface area contributed by atoms with E-state index >= 15 is 0 Å². The summed E-state index contributed by atoms with van der Waals surface area (Å²) in [5.41, 5.74) is 6.31. The molecule has 4 nitrogen and oxygen atoms in total. The molecule has 2 atom stereocenters. The summed E-state index contributed by atoms with van der Waals surface area (Å²) in [7, 11) is 0. The zero-order chi connectivity index (χ0) is 45.4. The summed E-state index contributed by atoms with van der Waals surface area (Å²) in [6.45, 7) is 39.2. The Labute approximate surface area is 369 Å². The Kier molecular flexibility index (Phi) is 26.5. The fraction of sp³-hybridized carbons (Fsp3) is 0.636. The molecule has 2 saturated carbocycles. The van der Waals surface area contributed by atoms with Crippen LogP contribution in [0, 0.1) is 42.4 Å². The van der Waals surface area contributed by atoms with Gasteiger partial charge in [-0.1, -0.05) is 145 Å². The van der Waals surface area contributed by atoms with Crippen molar-refractivity contribution in [1.82, 2.24) is 10.6 Å². The standard InChI is InChI=1S/C34H46FN3O.C9H18.C8H16.C4H10/c1-10-13-31(30(35)12-3)38-27(9)26(8)32(37-18-11-2)22-24(6)28-14-15-29(25(7)21-28)34(33(39)23(4)5)16-19-36-20-17-34;1-3-8-5-6-9(4-2)7-8;1-3-4-8-5-7(2)6-8;1-4(2)3/h10,12-15,18,21-23,36,38H,3,6,11,16-17,19-20H2,1-2,4-5,7-9H3;8-9H,3-7H2,1-2H3;7-8H,3-6H2,1-2H3;4H,1-3H3/b13-10-,27-26+,31-30-,32-22+,37-18?;;;. The molecule has 1 saturated heterocycles. The number of nitrogens with zero attached hydrogens (tertiary/aromatic N) is 1. The monoisotopic (exact) mass is 828 g/mol. The summed E-state index contributed by atoms with van der Waals surface area (Å²) < 4.78 is 14.3. The maximum Gasteiger partial charge on any atom is 0.146 e. The molecule has 3 aliphatic rings. The van der Waals surface area contributed by atoms with E-state index in [4.69, 9.17) is 4.99 Å². The number of benzene rings is 1. The van der Waals surface area contributed by atoms with Gasteiger partial charge in [0.1, 0.15) is 11.6 Å². The molecule has 1 aromatic rings. The van der Waals surface area contributed by atoms with Gasteiger partial charge in [0.05, 0.1) is 16.8 Å². The molecule has 1 heterocycles. The van der Waals surface area contributed by atoms with Crippen molar-refractivity contribution in [2.45, 2.75) is 179 Å². The Hall–Kier alpha value is -3.31. The molecule has 5 heteroatoms. The summed E-state index contributed by atoms with van der Waals surface area (Å²) in [5, 5.41) is 6.57. The van der Waals surface area contributed by atoms with Gasteiger partial charge in [-0.3, -0.25) is 9.79 Å². The number of aryl methyl sites for hydroxylation is 1. The largest absolute Gasteiger partial charge is 0.356 e. The molecule has 4 rings (SSSR count). The van der Waals surface area contributed by atoms with Crippen molar-refractivity contribution in [2.24, 2.45) is 40.5 Å². The maximum atomic E-state index is 14.3. The van der Waals surface area contributed by atoms with Crippen LogP contribution in [0.15, 0.2) is 89.1 Å². The quantitative estimate of drug-likeness (QED) is 0.129. The second-order valence-corrected chi connectivity index (χ2v) is 18.8. The minimum atomic E-state index is -0.448. The number of carbonyl (C=O) groups excluding carboxylic acids is 1. The number of Topliss-reactive ketones (excluding diaryl/α,β-unsaturated/α-hetero) is 1. The van der Waals surface area contributed by atoms with E-state index in [1.165, 1.54) is 63.9 Å². The molecule has 0 aromatic heterocycles. The molecule has 0 radical (unpaired) electrons. The second-order valence-electron chi connectivity index (χ2n) is 18.8. The van der Waals surface area contributed by atoms with Crippen LogP contribution in [0.5, 0.6) is 0 Å². The zero-order valence-corrected chi connectivity index (χ0v) is 41.1. The van der Waals surface area contributed by atoms with Gasteiger partial charge < -0.3 is 10.6 Å². The molecule has 1 aromatic carbocycles. The molecule has 338 valence electrons. The third-order valence-corrected chi connectivity index (χ3v) is 12.3. The van der Waals surface area contributed by atoms with Gasteiger partial charge in [0.25, 0.3) is 0 Å². The minimum Gasteiger partial charge on any atom is -0.356 e. The SMILES string of the molecule is C=C/C(F)=C(\C=C/C)N/C(C)=C(C)/C(=C\C(=C)c1ccc(C2(C(=O)C(C)C)CCNCC2)c(C)c1)N=CCC.CC(C)C.CCC1CCC(CC)C1.CCCC1CC(C)C1. The predicted octanol–water partition coefficient (Wildman–Crippen LogP) is 15.8. The molecule has 2 unspecified atom stereocenters. The van der Waals surface area contributed by atoms with E-state index in [-0.39, 0.29) is 5.92 Å². The highest BCUT2D eigenvalue weighted by atomic mass is 19.1. The number of hydrogen-bond acceptors (Lipinski definition) is 4. The number of nitrogens with one attached hydrogen (secondary N) is 2. The maximum absolute atomic E-state index is 14.3. The Morgan fingerprint density at radius 1 is 0.983 bits per heavy atom. The Morgan fingerprint density at radius 2 is 1.57 bits per heavy atom. The Balaban J connectivity index is 0.000000687. The van der Waals surface area contributed by atoms with E-state index in [1.807, 2.05) is 53.8 Å². The van der Waals surface area contributed by atoms with Crippen LogP contribution >= 0.6 is 0 Å². The third-order valence-electron chi connectivity index (χ3n) is 12.3. The van der Waals surface area contributed by atoms with Gasteiger partial charge in [0, 0.05) is 17.8 Å². The molecule has 2 aliphatic carbocycles. The molecule has 0 amide bonds. The number of halogens is 1. The fourth-order valence-electron chi connectivity index (χ4n) is 8.71. The Morgan fingerprint density at radius 3 is 2.00 bits per heavy atom. The normalized spacial score (nSPS) is 22.1. The summed E-state index contributed by atoms with van der Waals surface area (Å²) in [6.07, 6.45) is 24.1. The molecule has 0 bridgehead atoms. The highest BCUT2D eigenvalue weighted by molar-refractivity contribution is 5.92. The zero-order valence-electron chi connectivity index (χ0n) is 41.1. The summed E-state index contributed by atoms with van der Waals surface area (Å²) in [4.78, 5) is 18.1. The van der Waals surface area contributed by atoms with Crippen LogP contribution in [0.25, 0.3) is 5.57 Å². The number of rotatable bonds is 16. The number of hydrogen-bond donors (Lipinski definition) is 2. The first-order valence-corrected chi connectivity index (χ1v) is 23.8. The van der Waals surface area contributed by atoms with Crippen LogP contribution in [0.3, 0.4) is 0 Å². The van der Waals surface area contributed by atoms with Gasteiger partial charge in [-0.05, 0) is 155 Å². The van der Waals surface area contributed by atoms with Crippen LogP contribution in [-0.2, 0) is 10.2 Å². The summed E-state index contributed by atoms with van der Waals surface area (Å²) in [5.74, 6) is 5.02. The van der Waals surface area contributed by atoms with Crippen molar-refractivity contribution < 1.29 is 9.18 Å². The van der Waals surface area contributed by atoms with E-state index in [9.17, 15) is 9.18 Å². The lowest BCUT2D eigenvalue weighted by atomic mass is 9.66. The second kappa shape index (κ2) is 29.1. The molecular formula is C55H90FN3O. The van der Waals surface area contributed by atoms with Gasteiger partial charge >= 0.3 is 0 Å². The lowest BCUT2D eigenvalue weighted by Crippen LogP contribution is -2.47. The average molecular weight is 828 g/mol. The number of ketones is 1. The first-order chi connectivity index (χ1) is 28.4. The van der Waals surface area contributed by atoms with Crippen molar-refractivity contribution in [3.63, 3.8) is 0 Å². The third kappa shape index (κ3) is 18.3. The van der Waals surface area contributed by atoms with Crippen LogP contribution in [0.2, 0.25) is 0 Å². The smallest absolute Gasteiger partial charge is 0.146 e. The van der Waals surface area contributed by atoms with Gasteiger partial charge in [-0.15, -0.1) is 0 Å². The van der Waals surface area contributed by atoms with Crippen molar-refractivity contribution in [2.75, 3.05) is 13.1 Å². The number of allylic oxidation sites excluding steroid dienone is 8. The molecule has 60 heavy (non-hydrogen) atoms. The molecule has 1 aliphatic heterocycles. The van der Waals surface area contributed by atoms with Crippen LogP contribution < -0.4 is 10.6 Å². The fourth-order valence-corrected chi connectivity index (χ4v) is 8.71. The molecule has 0 spiro atoms. The van der Waals surface area contributed by atoms with Crippen LogP contribution in [0.4, 0.5) is 4.39 Å². The minimum absolute atomic E-state index is 0.0196. The predicted molar refractivity (Wildman–Crippen MR) is 264 cm³/mol. The van der Waals surface area contributed by atoms with Crippen LogP contribution in [-0.4, -0.2) is 25.1 Å². The lowest BCUT2D eigenvalue weighted by molar-refractivity contribution is -0.128. The van der Waals surface area contributed by atoms with Crippen molar-refractivity contribution in [3.05, 3.63) is 101 Å². The van der Waals surface area contributed by atoms with Crippen molar-refractivity contribution in [3.8, 4) is 0 Å². The first-order valence-electron chi connectivity index (χ1n) is 23.8. The van der Waals surface area contributed by atoms with E-state index < -0.39 is 11.2 Å². The van der Waals surface area contributed by atoms with Gasteiger partial charge in [0.2, 0.25) is 0 Å². The molecule has 2 N–H and O–H groups in total. The summed E-state index contributed by atoms with van der Waals surface area (Å²) in [6, 6.07) is 6.31. The van der Waals surface area contributed by atoms with Gasteiger partial charge in [-0.25, -0.2) is 4.39 Å². The first kappa shape index (κ1) is 54.7. The lowest BCUT2D eigenvalue weighted by Gasteiger charge is -2.39. The highest BCUT2D eigenvalue weighted by Crippen LogP contribution is 2.40. The van der Waals surface area contributed by atoms with E-state index in [1.54, 1.807) is 12.2 Å². The summed E-state index contributed by atoms with van der Waals surface area (Å²) >= 11 is 0. The molecular weight excluding hydrogens is 738 g/mol. The van der Waals surface area contributed by atoms with E-state index in [0.29, 0.717) is 11.5 Å². The van der Waals surface area contributed by atoms with Crippen molar-refractivity contribution in [1.29, 1.82) is 0 Å². The topological polar surface area (TPSA) is 53.5 Å². The number of aliphatic imine (C=N–C) groups is 1. The number of carbonyl (C=O) groups is 1. The van der Waals surface area contributed by atoms with E-state index in [2.05, 4.69) is 97.4 Å². The number of piperidine rings is 1. The van der Waals surface area contributed by atoms with E-state index in [0.717, 1.165) is 101 Å². The van der Waals surface area contributed by atoms with Gasteiger partial charge in [-0.2, -0.15) is 0 Å².